The van der Waals surface area contributed by atoms with Crippen molar-refractivity contribution in [1.82, 2.24) is 4.90 Å². The summed E-state index contributed by atoms with van der Waals surface area (Å²) in [4.78, 5) is 29.6. The number of Topliss-reactive ketones (excluding diaryl/α,β-unsaturated/α-hetero) is 1. The van der Waals surface area contributed by atoms with Crippen LogP contribution in [0, 0.1) is 41.3 Å². The third-order valence-electron chi connectivity index (χ3n) is 8.70. The summed E-state index contributed by atoms with van der Waals surface area (Å²) in [5.41, 5.74) is 0.818. The van der Waals surface area contributed by atoms with E-state index in [-0.39, 0.29) is 52.3 Å². The van der Waals surface area contributed by atoms with Gasteiger partial charge >= 0.3 is 0 Å². The lowest BCUT2D eigenvalue weighted by Crippen LogP contribution is -2.65. The molecule has 1 saturated heterocycles. The SMILES string of the molecule is CS(=O)(=O)Nc1ccc2c(c1)S(=O)(=O)N=C(C1C(=O)[C@@H]3[C@H]4C=C[C@H]([C@@H]5C[C@H]45)[C@@H]3N(Cc3ccc(F)cc3)C1=O)N2. The summed E-state index contributed by atoms with van der Waals surface area (Å²) >= 11 is 0. The fourth-order valence-corrected chi connectivity index (χ4v) is 8.81. The summed E-state index contributed by atoms with van der Waals surface area (Å²) in [5, 5.41) is 2.88. The normalized spacial score (nSPS) is 32.9. The van der Waals surface area contributed by atoms with E-state index in [4.69, 9.17) is 0 Å². The average molecular weight is 585 g/mol. The number of sulfonamides is 2. The van der Waals surface area contributed by atoms with Crippen LogP contribution in [0.3, 0.4) is 0 Å². The number of hydrogen-bond acceptors (Lipinski definition) is 7. The Morgan fingerprint density at radius 1 is 1.07 bits per heavy atom. The number of halogens is 1. The van der Waals surface area contributed by atoms with Gasteiger partial charge in [0, 0.05) is 30.1 Å². The summed E-state index contributed by atoms with van der Waals surface area (Å²) < 4.78 is 69.4. The van der Waals surface area contributed by atoms with Crippen molar-refractivity contribution in [1.29, 1.82) is 0 Å². The van der Waals surface area contributed by atoms with Crippen molar-refractivity contribution in [3.05, 3.63) is 66.0 Å². The van der Waals surface area contributed by atoms with Crippen molar-refractivity contribution in [2.45, 2.75) is 23.9 Å². The van der Waals surface area contributed by atoms with Crippen LogP contribution in [0.15, 0.2) is 63.9 Å². The van der Waals surface area contributed by atoms with Gasteiger partial charge in [-0.3, -0.25) is 14.3 Å². The monoisotopic (exact) mass is 584 g/mol. The molecule has 2 bridgehead atoms. The number of allylic oxidation sites excluding steroid dienone is 1. The van der Waals surface area contributed by atoms with Crippen molar-refractivity contribution in [2.75, 3.05) is 16.3 Å². The molecular weight excluding hydrogens is 559 g/mol. The minimum absolute atomic E-state index is 0.0285. The van der Waals surface area contributed by atoms with Crippen LogP contribution in [-0.2, 0) is 36.2 Å². The number of amides is 1. The Morgan fingerprint density at radius 2 is 1.77 bits per heavy atom. The summed E-state index contributed by atoms with van der Waals surface area (Å²) in [6, 6.07) is 9.35. The van der Waals surface area contributed by atoms with Crippen LogP contribution in [0.5, 0.6) is 0 Å². The van der Waals surface area contributed by atoms with Crippen molar-refractivity contribution in [3.8, 4) is 0 Å². The van der Waals surface area contributed by atoms with Crippen LogP contribution < -0.4 is 10.0 Å². The Balaban J connectivity index is 1.28. The zero-order valence-corrected chi connectivity index (χ0v) is 22.8. The second-order valence-electron chi connectivity index (χ2n) is 11.2. The molecule has 7 atom stereocenters. The molecule has 2 saturated carbocycles. The summed E-state index contributed by atoms with van der Waals surface area (Å²) in [6.07, 6.45) is 6.10. The fourth-order valence-electron chi connectivity index (χ4n) is 7.07. The van der Waals surface area contributed by atoms with Crippen LogP contribution in [-0.4, -0.2) is 51.6 Å². The van der Waals surface area contributed by atoms with Gasteiger partial charge in [-0.1, -0.05) is 24.3 Å². The first-order chi connectivity index (χ1) is 18.9. The quantitative estimate of drug-likeness (QED) is 0.406. The molecule has 10 nitrogen and oxygen atoms in total. The first-order valence-electron chi connectivity index (χ1n) is 12.9. The molecule has 13 heteroatoms. The molecule has 2 aliphatic heterocycles. The number of fused-ring (bicyclic) bond motifs is 1. The number of likely N-dealkylation sites (tertiary alicyclic amines) is 1. The topological polar surface area (TPSA) is 142 Å². The first kappa shape index (κ1) is 25.4. The summed E-state index contributed by atoms with van der Waals surface area (Å²) in [6.45, 7) is 0.148. The maximum absolute atomic E-state index is 14.1. The maximum Gasteiger partial charge on any atom is 0.286 e. The molecule has 6 aliphatic rings. The highest BCUT2D eigenvalue weighted by Gasteiger charge is 2.66. The molecule has 2 N–H and O–H groups in total. The van der Waals surface area contributed by atoms with Crippen LogP contribution in [0.25, 0.3) is 0 Å². The molecule has 4 aliphatic carbocycles. The Bertz CT molecular complexity index is 1760. The number of anilines is 2. The Kier molecular flexibility index (Phi) is 5.37. The van der Waals surface area contributed by atoms with Crippen molar-refractivity contribution in [3.63, 3.8) is 0 Å². The Morgan fingerprint density at radius 3 is 2.50 bits per heavy atom. The lowest BCUT2D eigenvalue weighted by atomic mass is 9.60. The van der Waals surface area contributed by atoms with Gasteiger partial charge in [0.05, 0.1) is 11.9 Å². The number of piperidine rings is 1. The second-order valence-corrected chi connectivity index (χ2v) is 14.5. The number of benzene rings is 2. The zero-order valence-electron chi connectivity index (χ0n) is 21.2. The number of carbonyl (C=O) groups excluding carboxylic acids is 2. The van der Waals surface area contributed by atoms with E-state index in [1.165, 1.54) is 24.3 Å². The molecule has 2 heterocycles. The van der Waals surface area contributed by atoms with Crippen molar-refractivity contribution >= 4 is 48.9 Å². The van der Waals surface area contributed by atoms with Gasteiger partial charge < -0.3 is 10.2 Å². The molecule has 0 aromatic heterocycles. The van der Waals surface area contributed by atoms with E-state index < -0.39 is 43.6 Å². The van der Waals surface area contributed by atoms with Crippen LogP contribution in [0.2, 0.25) is 0 Å². The number of nitrogens with one attached hydrogen (secondary N) is 2. The number of ketones is 1. The van der Waals surface area contributed by atoms with Gasteiger partial charge in [0.25, 0.3) is 10.0 Å². The number of amidine groups is 1. The van der Waals surface area contributed by atoms with E-state index in [0.29, 0.717) is 17.4 Å². The average Bonchev–Trinajstić information content (AvgIpc) is 3.70. The van der Waals surface area contributed by atoms with E-state index in [1.54, 1.807) is 17.0 Å². The van der Waals surface area contributed by atoms with Gasteiger partial charge in [-0.2, -0.15) is 8.42 Å². The van der Waals surface area contributed by atoms with Gasteiger partial charge in [0.2, 0.25) is 15.9 Å². The van der Waals surface area contributed by atoms with E-state index in [2.05, 4.69) is 26.6 Å². The van der Waals surface area contributed by atoms with Crippen LogP contribution >= 0.6 is 0 Å². The molecule has 40 heavy (non-hydrogen) atoms. The number of hydrogen-bond donors (Lipinski definition) is 2. The summed E-state index contributed by atoms with van der Waals surface area (Å²) in [5.74, 6) is -2.77. The molecule has 2 aromatic carbocycles. The molecule has 1 unspecified atom stereocenters. The largest absolute Gasteiger partial charge is 0.341 e. The summed E-state index contributed by atoms with van der Waals surface area (Å²) in [7, 11) is -8.03. The van der Waals surface area contributed by atoms with E-state index in [1.807, 2.05) is 0 Å². The van der Waals surface area contributed by atoms with Gasteiger partial charge in [-0.15, -0.1) is 4.40 Å². The van der Waals surface area contributed by atoms with Crippen LogP contribution in [0.4, 0.5) is 15.8 Å². The maximum atomic E-state index is 14.1. The van der Waals surface area contributed by atoms with Gasteiger partial charge in [-0.05, 0) is 60.1 Å². The standard InChI is InChI=1S/C27H25FN4O6S2/c1-39(35,36)30-15-6-9-20-21(10-15)40(37,38)31-26(29-20)23-25(33)22-16-7-8-17(19-11-18(16)19)24(22)32(27(23)34)12-13-2-4-14(28)5-3-13/h2-10,16-19,22-24,30H,11-12H2,1H3,(H,29,31)/t16-,17+,18+,19-,22+,23?,24-/m0/s1. The number of rotatable bonds is 5. The van der Waals surface area contributed by atoms with Gasteiger partial charge in [0.15, 0.2) is 11.7 Å². The Hall–Kier alpha value is -3.58. The smallest absolute Gasteiger partial charge is 0.286 e. The Labute approximate surface area is 230 Å². The molecule has 1 amide bonds. The minimum atomic E-state index is -4.38. The molecule has 2 aromatic rings. The minimum Gasteiger partial charge on any atom is -0.341 e. The molecule has 3 fully saturated rings. The molecule has 0 spiro atoms. The highest BCUT2D eigenvalue weighted by atomic mass is 32.2. The highest BCUT2D eigenvalue weighted by molar-refractivity contribution is 7.92. The predicted molar refractivity (Wildman–Crippen MR) is 144 cm³/mol. The zero-order chi connectivity index (χ0) is 28.1. The van der Waals surface area contributed by atoms with Crippen molar-refractivity contribution in [2.24, 2.45) is 39.9 Å². The molecule has 8 rings (SSSR count). The molecule has 0 radical (unpaired) electrons. The van der Waals surface area contributed by atoms with E-state index in [9.17, 15) is 30.8 Å². The lowest BCUT2D eigenvalue weighted by Gasteiger charge is -2.53. The van der Waals surface area contributed by atoms with Crippen LogP contribution in [0.1, 0.15) is 12.0 Å². The highest BCUT2D eigenvalue weighted by Crippen LogP contribution is 2.64. The molecular formula is C27H25FN4O6S2. The lowest BCUT2D eigenvalue weighted by molar-refractivity contribution is -0.157. The van der Waals surface area contributed by atoms with Crippen molar-refractivity contribution < 1.29 is 30.8 Å². The van der Waals surface area contributed by atoms with E-state index in [0.717, 1.165) is 18.7 Å². The molecule has 208 valence electrons. The van der Waals surface area contributed by atoms with Gasteiger partial charge in [0.1, 0.15) is 16.5 Å². The number of nitrogens with zero attached hydrogens (tertiary/aromatic N) is 2. The van der Waals surface area contributed by atoms with E-state index >= 15 is 0 Å². The fraction of sp³-hybridized carbons (Fsp3) is 0.370. The second kappa shape index (κ2) is 8.46. The predicted octanol–water partition coefficient (Wildman–Crippen LogP) is 2.37. The third-order valence-corrected chi connectivity index (χ3v) is 10.6. The first-order valence-corrected chi connectivity index (χ1v) is 16.3. The third kappa shape index (κ3) is 3.97. The number of carbonyl (C=O) groups is 2. The van der Waals surface area contributed by atoms with Gasteiger partial charge in [-0.25, -0.2) is 12.8 Å².